The van der Waals surface area contributed by atoms with Gasteiger partial charge in [0, 0.05) is 11.8 Å². The second-order valence-corrected chi connectivity index (χ2v) is 4.39. The minimum atomic E-state index is 0.0299. The number of nitrogens with two attached hydrogens (primary N) is 1. The topological polar surface area (TPSA) is 43.8 Å². The molecule has 0 aromatic carbocycles. The Hall–Kier alpha value is -0.990. The molecule has 74 valence electrons. The van der Waals surface area contributed by atoms with Crippen molar-refractivity contribution in [2.45, 2.75) is 46.1 Å². The van der Waals surface area contributed by atoms with Crippen molar-refractivity contribution in [2.24, 2.45) is 0 Å². The Morgan fingerprint density at radius 1 is 1.46 bits per heavy atom. The van der Waals surface area contributed by atoms with E-state index in [1.54, 1.807) is 0 Å². The second-order valence-electron chi connectivity index (χ2n) is 4.39. The van der Waals surface area contributed by atoms with Crippen LogP contribution in [-0.4, -0.2) is 9.78 Å². The van der Waals surface area contributed by atoms with E-state index in [1.165, 1.54) is 5.69 Å². The molecule has 0 amide bonds. The molecule has 1 rings (SSSR count). The molecule has 0 aliphatic rings. The minimum absolute atomic E-state index is 0.0299. The molecule has 0 saturated carbocycles. The molecule has 0 spiro atoms. The van der Waals surface area contributed by atoms with Crippen LogP contribution in [0.15, 0.2) is 6.07 Å². The summed E-state index contributed by atoms with van der Waals surface area (Å²) in [6, 6.07) is 1.97. The lowest BCUT2D eigenvalue weighted by Crippen LogP contribution is -2.25. The standard InChI is InChI=1S/C10H19N3/c1-5-6-8-7-9(11)12-13(8)10(2,3)4/h7H,5-6H2,1-4H3,(H2,11,12). The summed E-state index contributed by atoms with van der Waals surface area (Å²) in [6.07, 6.45) is 2.17. The van der Waals surface area contributed by atoms with Crippen LogP contribution in [0.3, 0.4) is 0 Å². The van der Waals surface area contributed by atoms with Gasteiger partial charge in [0.25, 0.3) is 0 Å². The van der Waals surface area contributed by atoms with Crippen LogP contribution in [0.5, 0.6) is 0 Å². The molecule has 0 bridgehead atoms. The van der Waals surface area contributed by atoms with Crippen LogP contribution >= 0.6 is 0 Å². The average molecular weight is 181 g/mol. The number of rotatable bonds is 2. The molecule has 1 aromatic rings. The predicted molar refractivity (Wildman–Crippen MR) is 55.6 cm³/mol. The second kappa shape index (κ2) is 3.40. The zero-order chi connectivity index (χ0) is 10.1. The summed E-state index contributed by atoms with van der Waals surface area (Å²) in [7, 11) is 0. The van der Waals surface area contributed by atoms with Gasteiger partial charge in [-0.05, 0) is 27.2 Å². The van der Waals surface area contributed by atoms with Crippen LogP contribution in [0.4, 0.5) is 5.82 Å². The fourth-order valence-corrected chi connectivity index (χ4v) is 1.46. The molecule has 0 fully saturated rings. The SMILES string of the molecule is CCCc1cc(N)nn1C(C)(C)C. The van der Waals surface area contributed by atoms with Gasteiger partial charge >= 0.3 is 0 Å². The first kappa shape index (κ1) is 10.1. The maximum atomic E-state index is 5.67. The van der Waals surface area contributed by atoms with Crippen LogP contribution in [0.25, 0.3) is 0 Å². The van der Waals surface area contributed by atoms with Gasteiger partial charge in [0.05, 0.1) is 5.54 Å². The Morgan fingerprint density at radius 3 is 2.54 bits per heavy atom. The van der Waals surface area contributed by atoms with E-state index in [0.717, 1.165) is 12.8 Å². The Kier molecular flexibility index (Phi) is 2.64. The molecule has 0 aliphatic carbocycles. The van der Waals surface area contributed by atoms with E-state index in [1.807, 2.05) is 10.7 Å². The third-order valence-corrected chi connectivity index (χ3v) is 1.94. The van der Waals surface area contributed by atoms with Crippen molar-refractivity contribution in [2.75, 3.05) is 5.73 Å². The van der Waals surface area contributed by atoms with Crippen molar-refractivity contribution in [1.82, 2.24) is 9.78 Å². The first-order chi connectivity index (χ1) is 5.95. The van der Waals surface area contributed by atoms with Crippen LogP contribution in [0.1, 0.15) is 39.8 Å². The van der Waals surface area contributed by atoms with Crippen molar-refractivity contribution < 1.29 is 0 Å². The molecule has 3 nitrogen and oxygen atoms in total. The molecule has 0 aliphatic heterocycles. The lowest BCUT2D eigenvalue weighted by atomic mass is 10.1. The van der Waals surface area contributed by atoms with Crippen molar-refractivity contribution in [3.8, 4) is 0 Å². The van der Waals surface area contributed by atoms with E-state index in [0.29, 0.717) is 5.82 Å². The number of aromatic nitrogens is 2. The van der Waals surface area contributed by atoms with Crippen LogP contribution in [0.2, 0.25) is 0 Å². The molecule has 3 heteroatoms. The molecule has 13 heavy (non-hydrogen) atoms. The molecule has 0 unspecified atom stereocenters. The molecule has 1 heterocycles. The summed E-state index contributed by atoms with van der Waals surface area (Å²) in [6.45, 7) is 8.58. The van der Waals surface area contributed by atoms with Crippen molar-refractivity contribution in [1.29, 1.82) is 0 Å². The summed E-state index contributed by atoms with van der Waals surface area (Å²) >= 11 is 0. The van der Waals surface area contributed by atoms with Gasteiger partial charge in [-0.1, -0.05) is 13.3 Å². The summed E-state index contributed by atoms with van der Waals surface area (Å²) in [5.41, 5.74) is 6.93. The van der Waals surface area contributed by atoms with Gasteiger partial charge in [0.15, 0.2) is 0 Å². The molecule has 0 atom stereocenters. The quantitative estimate of drug-likeness (QED) is 0.760. The fraction of sp³-hybridized carbons (Fsp3) is 0.700. The maximum absolute atomic E-state index is 5.67. The first-order valence-electron chi connectivity index (χ1n) is 4.80. The molecule has 0 radical (unpaired) electrons. The van der Waals surface area contributed by atoms with Crippen LogP contribution < -0.4 is 5.73 Å². The summed E-state index contributed by atoms with van der Waals surface area (Å²) in [5.74, 6) is 0.623. The van der Waals surface area contributed by atoms with Gasteiger partial charge in [-0.2, -0.15) is 5.10 Å². The van der Waals surface area contributed by atoms with Crippen molar-refractivity contribution >= 4 is 5.82 Å². The normalized spacial score (nSPS) is 12.0. The minimum Gasteiger partial charge on any atom is -0.382 e. The average Bonchev–Trinajstić information content (AvgIpc) is 2.30. The van der Waals surface area contributed by atoms with Gasteiger partial charge in [0.2, 0.25) is 0 Å². The van der Waals surface area contributed by atoms with E-state index in [4.69, 9.17) is 5.73 Å². The van der Waals surface area contributed by atoms with E-state index in [-0.39, 0.29) is 5.54 Å². The van der Waals surface area contributed by atoms with Gasteiger partial charge in [-0.15, -0.1) is 0 Å². The third kappa shape index (κ3) is 2.23. The number of hydrogen-bond donors (Lipinski definition) is 1. The number of aryl methyl sites for hydroxylation is 1. The Bertz CT molecular complexity index is 281. The maximum Gasteiger partial charge on any atom is 0.145 e. The predicted octanol–water partition coefficient (Wildman–Crippen LogP) is 2.17. The van der Waals surface area contributed by atoms with Gasteiger partial charge in [0.1, 0.15) is 5.82 Å². The highest BCUT2D eigenvalue weighted by molar-refractivity contribution is 5.30. The van der Waals surface area contributed by atoms with Crippen LogP contribution in [0, 0.1) is 0 Å². The van der Waals surface area contributed by atoms with E-state index >= 15 is 0 Å². The van der Waals surface area contributed by atoms with Crippen LogP contribution in [-0.2, 0) is 12.0 Å². The largest absolute Gasteiger partial charge is 0.382 e. The summed E-state index contributed by atoms with van der Waals surface area (Å²) < 4.78 is 2.02. The van der Waals surface area contributed by atoms with Crippen molar-refractivity contribution in [3.63, 3.8) is 0 Å². The molecule has 1 aromatic heterocycles. The summed E-state index contributed by atoms with van der Waals surface area (Å²) in [4.78, 5) is 0. The number of hydrogen-bond acceptors (Lipinski definition) is 2. The third-order valence-electron chi connectivity index (χ3n) is 1.94. The van der Waals surface area contributed by atoms with Gasteiger partial charge < -0.3 is 5.73 Å². The molecule has 0 saturated heterocycles. The zero-order valence-corrected chi connectivity index (χ0v) is 8.96. The number of nitrogen functional groups attached to an aromatic ring is 1. The number of anilines is 1. The smallest absolute Gasteiger partial charge is 0.145 e. The Balaban J connectivity index is 3.04. The molecular weight excluding hydrogens is 162 g/mol. The van der Waals surface area contributed by atoms with E-state index in [9.17, 15) is 0 Å². The highest BCUT2D eigenvalue weighted by Gasteiger charge is 2.17. The Labute approximate surface area is 79.9 Å². The highest BCUT2D eigenvalue weighted by atomic mass is 15.3. The lowest BCUT2D eigenvalue weighted by molar-refractivity contribution is 0.344. The highest BCUT2D eigenvalue weighted by Crippen LogP contribution is 2.19. The van der Waals surface area contributed by atoms with Gasteiger partial charge in [-0.25, -0.2) is 0 Å². The molecular formula is C10H19N3. The molecule has 2 N–H and O–H groups in total. The monoisotopic (exact) mass is 181 g/mol. The first-order valence-corrected chi connectivity index (χ1v) is 4.80. The summed E-state index contributed by atoms with van der Waals surface area (Å²) in [5, 5.41) is 4.29. The zero-order valence-electron chi connectivity index (χ0n) is 8.96. The van der Waals surface area contributed by atoms with E-state index in [2.05, 4.69) is 32.8 Å². The Morgan fingerprint density at radius 2 is 2.08 bits per heavy atom. The van der Waals surface area contributed by atoms with Crippen molar-refractivity contribution in [3.05, 3.63) is 11.8 Å². The van der Waals surface area contributed by atoms with Gasteiger partial charge in [-0.3, -0.25) is 4.68 Å². The lowest BCUT2D eigenvalue weighted by Gasteiger charge is -2.22. The van der Waals surface area contributed by atoms with E-state index < -0.39 is 0 Å². The fourth-order valence-electron chi connectivity index (χ4n) is 1.46. The number of nitrogens with zero attached hydrogens (tertiary/aromatic N) is 2.